The number of hydrogen-bond donors (Lipinski definition) is 2. The minimum atomic E-state index is -0.572. The molecule has 110 valence electrons. The summed E-state index contributed by atoms with van der Waals surface area (Å²) in [6.45, 7) is 0. The van der Waals surface area contributed by atoms with Crippen molar-refractivity contribution < 1.29 is 19.0 Å². The zero-order chi connectivity index (χ0) is 15.4. The Balaban J connectivity index is 2.39. The third kappa shape index (κ3) is 3.36. The van der Waals surface area contributed by atoms with Gasteiger partial charge in [0, 0.05) is 17.7 Å². The van der Waals surface area contributed by atoms with E-state index in [0.29, 0.717) is 28.7 Å². The summed E-state index contributed by atoms with van der Waals surface area (Å²) >= 11 is 0. The van der Waals surface area contributed by atoms with Crippen molar-refractivity contribution >= 4 is 11.6 Å². The van der Waals surface area contributed by atoms with Crippen molar-refractivity contribution in [2.45, 2.75) is 0 Å². The summed E-state index contributed by atoms with van der Waals surface area (Å²) in [5, 5.41) is 0. The van der Waals surface area contributed by atoms with Crippen LogP contribution >= 0.6 is 0 Å². The summed E-state index contributed by atoms with van der Waals surface area (Å²) in [5.74, 6) is 1.30. The van der Waals surface area contributed by atoms with E-state index in [9.17, 15) is 4.79 Å². The lowest BCUT2D eigenvalue weighted by Gasteiger charge is -2.12. The maximum atomic E-state index is 11.3. The fourth-order valence-corrected chi connectivity index (χ4v) is 1.75. The second-order valence-electron chi connectivity index (χ2n) is 4.27. The quantitative estimate of drug-likeness (QED) is 0.822. The molecule has 0 aliphatic rings. The van der Waals surface area contributed by atoms with Crippen LogP contribution in [-0.4, -0.2) is 20.1 Å². The smallest absolute Gasteiger partial charge is 0.248 e. The summed E-state index contributed by atoms with van der Waals surface area (Å²) in [6, 6.07) is 9.73. The Bertz CT molecular complexity index is 671. The number of nitrogens with two attached hydrogens (primary N) is 2. The van der Waals surface area contributed by atoms with E-state index < -0.39 is 5.91 Å². The molecule has 6 nitrogen and oxygen atoms in total. The highest BCUT2D eigenvalue weighted by Crippen LogP contribution is 2.33. The molecule has 0 aliphatic carbocycles. The van der Waals surface area contributed by atoms with Crippen LogP contribution in [-0.2, 0) is 0 Å². The molecule has 0 bridgehead atoms. The zero-order valence-electron chi connectivity index (χ0n) is 11.8. The van der Waals surface area contributed by atoms with Gasteiger partial charge < -0.3 is 25.7 Å². The molecule has 2 aromatic rings. The average Bonchev–Trinajstić information content (AvgIpc) is 2.49. The standard InChI is InChI=1S/C15H16N2O4/c1-19-10-3-4-13(16)14(8-10)21-12-6-9(15(17)18)5-11(7-12)20-2/h3-8H,16H2,1-2H3,(H2,17,18). The van der Waals surface area contributed by atoms with Crippen LogP contribution in [0.1, 0.15) is 10.4 Å². The highest BCUT2D eigenvalue weighted by molar-refractivity contribution is 5.93. The van der Waals surface area contributed by atoms with Crippen molar-refractivity contribution in [2.75, 3.05) is 20.0 Å². The van der Waals surface area contributed by atoms with Crippen molar-refractivity contribution in [3.05, 3.63) is 42.0 Å². The molecule has 0 heterocycles. The van der Waals surface area contributed by atoms with E-state index in [0.717, 1.165) is 0 Å². The van der Waals surface area contributed by atoms with E-state index in [1.807, 2.05) is 0 Å². The molecular weight excluding hydrogens is 272 g/mol. The molecule has 6 heteroatoms. The number of amides is 1. The van der Waals surface area contributed by atoms with Crippen LogP contribution in [0.3, 0.4) is 0 Å². The fraction of sp³-hybridized carbons (Fsp3) is 0.133. The molecule has 0 unspecified atom stereocenters. The average molecular weight is 288 g/mol. The Morgan fingerprint density at radius 1 is 0.952 bits per heavy atom. The molecule has 2 rings (SSSR count). The Labute approximate surface area is 122 Å². The van der Waals surface area contributed by atoms with Crippen LogP contribution in [0.2, 0.25) is 0 Å². The molecule has 21 heavy (non-hydrogen) atoms. The van der Waals surface area contributed by atoms with Gasteiger partial charge in [-0.05, 0) is 24.3 Å². The topological polar surface area (TPSA) is 96.8 Å². The molecule has 0 saturated carbocycles. The number of primary amides is 1. The molecule has 0 fully saturated rings. The third-order valence-corrected chi connectivity index (χ3v) is 2.85. The van der Waals surface area contributed by atoms with Gasteiger partial charge in [-0.1, -0.05) is 0 Å². The molecule has 0 spiro atoms. The molecule has 0 aliphatic heterocycles. The van der Waals surface area contributed by atoms with Gasteiger partial charge in [0.1, 0.15) is 17.2 Å². The van der Waals surface area contributed by atoms with E-state index in [4.69, 9.17) is 25.7 Å². The Hall–Kier alpha value is -2.89. The summed E-state index contributed by atoms with van der Waals surface area (Å²) in [6.07, 6.45) is 0. The van der Waals surface area contributed by atoms with E-state index in [2.05, 4.69) is 0 Å². The van der Waals surface area contributed by atoms with Crippen molar-refractivity contribution in [2.24, 2.45) is 5.73 Å². The Kier molecular flexibility index (Phi) is 4.18. The number of ether oxygens (including phenoxy) is 3. The number of nitrogen functional groups attached to an aromatic ring is 1. The summed E-state index contributed by atoms with van der Waals surface area (Å²) in [7, 11) is 3.04. The van der Waals surface area contributed by atoms with Crippen LogP contribution < -0.4 is 25.7 Å². The first-order chi connectivity index (χ1) is 10.0. The second kappa shape index (κ2) is 6.04. The summed E-state index contributed by atoms with van der Waals surface area (Å²) in [4.78, 5) is 11.3. The fourth-order valence-electron chi connectivity index (χ4n) is 1.75. The first-order valence-corrected chi connectivity index (χ1v) is 6.13. The van der Waals surface area contributed by atoms with E-state index in [1.54, 1.807) is 31.4 Å². The Morgan fingerprint density at radius 3 is 2.24 bits per heavy atom. The van der Waals surface area contributed by atoms with Gasteiger partial charge in [0.2, 0.25) is 5.91 Å². The minimum absolute atomic E-state index is 0.283. The molecule has 0 aromatic heterocycles. The minimum Gasteiger partial charge on any atom is -0.497 e. The van der Waals surface area contributed by atoms with Crippen LogP contribution in [0.5, 0.6) is 23.0 Å². The lowest BCUT2D eigenvalue weighted by Crippen LogP contribution is -2.11. The first-order valence-electron chi connectivity index (χ1n) is 6.13. The van der Waals surface area contributed by atoms with E-state index in [1.165, 1.54) is 19.2 Å². The van der Waals surface area contributed by atoms with Gasteiger partial charge in [0.05, 0.1) is 19.9 Å². The molecule has 1 amide bonds. The molecule has 4 N–H and O–H groups in total. The second-order valence-corrected chi connectivity index (χ2v) is 4.27. The van der Waals surface area contributed by atoms with Gasteiger partial charge in [0.25, 0.3) is 0 Å². The number of hydrogen-bond acceptors (Lipinski definition) is 5. The maximum Gasteiger partial charge on any atom is 0.248 e. The molecule has 0 atom stereocenters. The van der Waals surface area contributed by atoms with Crippen molar-refractivity contribution in [1.29, 1.82) is 0 Å². The van der Waals surface area contributed by atoms with Crippen molar-refractivity contribution in [1.82, 2.24) is 0 Å². The van der Waals surface area contributed by atoms with Crippen molar-refractivity contribution in [3.8, 4) is 23.0 Å². The van der Waals surface area contributed by atoms with Gasteiger partial charge >= 0.3 is 0 Å². The maximum absolute atomic E-state index is 11.3. The number of benzene rings is 2. The lowest BCUT2D eigenvalue weighted by molar-refractivity contribution is 0.0999. The normalized spacial score (nSPS) is 10.0. The molecule has 0 saturated heterocycles. The number of methoxy groups -OCH3 is 2. The van der Waals surface area contributed by atoms with Crippen molar-refractivity contribution in [3.63, 3.8) is 0 Å². The van der Waals surface area contributed by atoms with Crippen LogP contribution in [0, 0.1) is 0 Å². The number of carbonyl (C=O) groups excluding carboxylic acids is 1. The predicted molar refractivity (Wildman–Crippen MR) is 79.0 cm³/mol. The first kappa shape index (κ1) is 14.5. The van der Waals surface area contributed by atoms with E-state index >= 15 is 0 Å². The van der Waals surface area contributed by atoms with Gasteiger partial charge in [0.15, 0.2) is 5.75 Å². The highest BCUT2D eigenvalue weighted by Gasteiger charge is 2.10. The van der Waals surface area contributed by atoms with Gasteiger partial charge in [-0.3, -0.25) is 4.79 Å². The highest BCUT2D eigenvalue weighted by atomic mass is 16.5. The third-order valence-electron chi connectivity index (χ3n) is 2.85. The van der Waals surface area contributed by atoms with Crippen LogP contribution in [0.25, 0.3) is 0 Å². The Morgan fingerprint density at radius 2 is 1.62 bits per heavy atom. The molecule has 2 aromatic carbocycles. The molecule has 0 radical (unpaired) electrons. The number of rotatable bonds is 5. The zero-order valence-corrected chi connectivity index (χ0v) is 11.8. The predicted octanol–water partition coefficient (Wildman–Crippen LogP) is 2.18. The van der Waals surface area contributed by atoms with Gasteiger partial charge in [-0.25, -0.2) is 0 Å². The van der Waals surface area contributed by atoms with Crippen LogP contribution in [0.4, 0.5) is 5.69 Å². The SMILES string of the molecule is COc1cc(Oc2cc(OC)ccc2N)cc(C(N)=O)c1. The summed E-state index contributed by atoms with van der Waals surface area (Å²) < 4.78 is 15.9. The summed E-state index contributed by atoms with van der Waals surface area (Å²) in [5.41, 5.74) is 11.9. The molecular formula is C15H16N2O4. The number of carbonyl (C=O) groups is 1. The van der Waals surface area contributed by atoms with Gasteiger partial charge in [-0.2, -0.15) is 0 Å². The largest absolute Gasteiger partial charge is 0.497 e. The van der Waals surface area contributed by atoms with E-state index in [-0.39, 0.29) is 5.56 Å². The monoisotopic (exact) mass is 288 g/mol. The van der Waals surface area contributed by atoms with Crippen LogP contribution in [0.15, 0.2) is 36.4 Å². The van der Waals surface area contributed by atoms with Gasteiger partial charge in [-0.15, -0.1) is 0 Å². The number of anilines is 1. The lowest BCUT2D eigenvalue weighted by atomic mass is 10.2.